The van der Waals surface area contributed by atoms with E-state index in [1.54, 1.807) is 0 Å². The largest absolute Gasteiger partial charge is 0.480 e. The Labute approximate surface area is 135 Å². The molecule has 0 spiro atoms. The van der Waals surface area contributed by atoms with Crippen molar-refractivity contribution in [1.29, 1.82) is 0 Å². The molecule has 22 heavy (non-hydrogen) atoms. The number of halogens is 2. The van der Waals surface area contributed by atoms with Gasteiger partial charge in [0.2, 0.25) is 0 Å². The molecule has 0 radical (unpaired) electrons. The number of fused-ring (bicyclic) bond motifs is 1. The minimum absolute atomic E-state index is 0.0306. The number of carbonyl (C=O) groups excluding carboxylic acids is 2. The first-order valence-electron chi connectivity index (χ1n) is 6.46. The van der Waals surface area contributed by atoms with E-state index in [1.807, 2.05) is 0 Å². The minimum atomic E-state index is -1.08. The van der Waals surface area contributed by atoms with Gasteiger partial charge in [0.1, 0.15) is 6.04 Å². The summed E-state index contributed by atoms with van der Waals surface area (Å²) in [5.74, 6) is -1.50. The van der Waals surface area contributed by atoms with Crippen molar-refractivity contribution in [2.45, 2.75) is 18.5 Å². The fourth-order valence-electron chi connectivity index (χ4n) is 2.78. The summed E-state index contributed by atoms with van der Waals surface area (Å²) in [5, 5.41) is 15.1. The van der Waals surface area contributed by atoms with Crippen LogP contribution in [0.4, 0.5) is 10.5 Å². The number of anilines is 1. The van der Waals surface area contributed by atoms with Gasteiger partial charge in [-0.3, -0.25) is 9.69 Å². The fraction of sp³-hybridized carbons (Fsp3) is 0.308. The quantitative estimate of drug-likeness (QED) is 0.712. The zero-order valence-electron chi connectivity index (χ0n) is 11.1. The average Bonchev–Trinajstić information content (AvgIpc) is 2.76. The summed E-state index contributed by atoms with van der Waals surface area (Å²) < 4.78 is 0. The van der Waals surface area contributed by atoms with Crippen LogP contribution in [0.3, 0.4) is 0 Å². The number of rotatable bonds is 2. The fourth-order valence-corrected chi connectivity index (χ4v) is 3.40. The maximum atomic E-state index is 12.0. The lowest BCUT2D eigenvalue weighted by molar-refractivity contribution is -0.139. The molecule has 3 amide bonds. The minimum Gasteiger partial charge on any atom is -0.480 e. The Morgan fingerprint density at radius 3 is 2.64 bits per heavy atom. The van der Waals surface area contributed by atoms with Gasteiger partial charge in [0.25, 0.3) is 5.91 Å². The van der Waals surface area contributed by atoms with Crippen LogP contribution in [0.2, 0.25) is 10.0 Å². The van der Waals surface area contributed by atoms with Crippen molar-refractivity contribution >= 4 is 46.8 Å². The number of nitrogens with zero attached hydrogens (tertiary/aromatic N) is 1. The average molecular weight is 344 g/mol. The molecular formula is C13H11Cl2N3O4. The lowest BCUT2D eigenvalue weighted by Crippen LogP contribution is -2.43. The molecule has 0 bridgehead atoms. The van der Waals surface area contributed by atoms with Gasteiger partial charge in [-0.05, 0) is 12.1 Å². The Bertz CT molecular complexity index is 678. The summed E-state index contributed by atoms with van der Waals surface area (Å²) in [4.78, 5) is 36.2. The molecule has 3 N–H and O–H groups in total. The molecule has 1 aromatic rings. The van der Waals surface area contributed by atoms with Crippen LogP contribution in [0, 0.1) is 0 Å². The van der Waals surface area contributed by atoms with E-state index in [-0.39, 0.29) is 18.0 Å². The lowest BCUT2D eigenvalue weighted by atomic mass is 9.91. The Kier molecular flexibility index (Phi) is 3.62. The van der Waals surface area contributed by atoms with Gasteiger partial charge >= 0.3 is 12.0 Å². The van der Waals surface area contributed by atoms with Gasteiger partial charge in [-0.1, -0.05) is 23.2 Å². The van der Waals surface area contributed by atoms with Crippen molar-refractivity contribution in [1.82, 2.24) is 10.2 Å². The summed E-state index contributed by atoms with van der Waals surface area (Å²) in [6, 6.07) is 0.766. The molecule has 3 rings (SSSR count). The second-order valence-corrected chi connectivity index (χ2v) is 5.90. The maximum absolute atomic E-state index is 12.0. The van der Waals surface area contributed by atoms with Gasteiger partial charge in [-0.2, -0.15) is 0 Å². The first-order valence-corrected chi connectivity index (χ1v) is 7.22. The Morgan fingerprint density at radius 2 is 2.05 bits per heavy atom. The second kappa shape index (κ2) is 5.33. The molecule has 2 atom stereocenters. The van der Waals surface area contributed by atoms with Gasteiger partial charge in [0.15, 0.2) is 0 Å². The number of carbonyl (C=O) groups is 3. The zero-order chi connectivity index (χ0) is 16.0. The van der Waals surface area contributed by atoms with Crippen molar-refractivity contribution in [3.8, 4) is 0 Å². The molecule has 9 heteroatoms. The van der Waals surface area contributed by atoms with E-state index in [9.17, 15) is 19.5 Å². The standard InChI is InChI=1S/C13H11Cl2N3O4/c14-5-1-6(15)11-7(2-5)17-8(12(20)21)3-9(11)18-10(19)4-16-13(18)22/h1-2,8-9,17H,3-4H2,(H,16,22)(H,20,21). The molecule has 0 aliphatic carbocycles. The Balaban J connectivity index is 2.11. The van der Waals surface area contributed by atoms with Gasteiger partial charge in [0, 0.05) is 27.7 Å². The summed E-state index contributed by atoms with van der Waals surface area (Å²) in [5.41, 5.74) is 0.905. The monoisotopic (exact) mass is 343 g/mol. The normalized spacial score (nSPS) is 23.8. The highest BCUT2D eigenvalue weighted by Gasteiger charge is 2.42. The number of hydrogen-bond donors (Lipinski definition) is 3. The number of benzene rings is 1. The second-order valence-electron chi connectivity index (χ2n) is 5.06. The highest BCUT2D eigenvalue weighted by Crippen LogP contribution is 2.43. The highest BCUT2D eigenvalue weighted by atomic mass is 35.5. The first-order chi connectivity index (χ1) is 10.4. The van der Waals surface area contributed by atoms with Crippen LogP contribution in [0.15, 0.2) is 12.1 Å². The van der Waals surface area contributed by atoms with Gasteiger partial charge in [0.05, 0.1) is 12.6 Å². The number of carboxylic acids is 1. The summed E-state index contributed by atoms with van der Waals surface area (Å²) in [6.07, 6.45) is 0.0306. The number of imide groups is 1. The molecule has 2 heterocycles. The van der Waals surface area contributed by atoms with E-state index in [4.69, 9.17) is 23.2 Å². The first kappa shape index (κ1) is 14.9. The summed E-state index contributed by atoms with van der Waals surface area (Å²) in [7, 11) is 0. The zero-order valence-corrected chi connectivity index (χ0v) is 12.6. The third kappa shape index (κ3) is 2.36. The van der Waals surface area contributed by atoms with E-state index < -0.39 is 30.0 Å². The number of aliphatic carboxylic acids is 1. The highest BCUT2D eigenvalue weighted by molar-refractivity contribution is 6.35. The van der Waals surface area contributed by atoms with Crippen LogP contribution in [0.25, 0.3) is 0 Å². The number of carboxylic acid groups (broad SMARTS) is 1. The van der Waals surface area contributed by atoms with E-state index in [1.165, 1.54) is 12.1 Å². The molecule has 2 aliphatic heterocycles. The van der Waals surface area contributed by atoms with E-state index in [0.29, 0.717) is 16.3 Å². The van der Waals surface area contributed by atoms with Crippen molar-refractivity contribution in [3.63, 3.8) is 0 Å². The molecule has 2 unspecified atom stereocenters. The SMILES string of the molecule is O=C(O)C1CC(N2C(=O)CNC2=O)c2c(Cl)cc(Cl)cc2N1. The van der Waals surface area contributed by atoms with Crippen LogP contribution < -0.4 is 10.6 Å². The van der Waals surface area contributed by atoms with Crippen LogP contribution in [0.1, 0.15) is 18.0 Å². The smallest absolute Gasteiger partial charge is 0.326 e. The predicted octanol–water partition coefficient (Wildman–Crippen LogP) is 1.86. The molecule has 116 valence electrons. The number of urea groups is 1. The summed E-state index contributed by atoms with van der Waals surface area (Å²) >= 11 is 12.1. The maximum Gasteiger partial charge on any atom is 0.326 e. The van der Waals surface area contributed by atoms with E-state index in [0.717, 1.165) is 4.90 Å². The molecule has 0 saturated carbocycles. The van der Waals surface area contributed by atoms with Gasteiger partial charge in [-0.25, -0.2) is 9.59 Å². The van der Waals surface area contributed by atoms with Crippen LogP contribution in [0.5, 0.6) is 0 Å². The Morgan fingerprint density at radius 1 is 1.32 bits per heavy atom. The van der Waals surface area contributed by atoms with Crippen LogP contribution >= 0.6 is 23.2 Å². The van der Waals surface area contributed by atoms with Gasteiger partial charge in [-0.15, -0.1) is 0 Å². The van der Waals surface area contributed by atoms with Crippen molar-refractivity contribution in [3.05, 3.63) is 27.7 Å². The van der Waals surface area contributed by atoms with Gasteiger partial charge < -0.3 is 15.7 Å². The third-order valence-corrected chi connectivity index (χ3v) is 4.24. The molecule has 1 fully saturated rings. The molecule has 2 aliphatic rings. The number of nitrogens with one attached hydrogen (secondary N) is 2. The van der Waals surface area contributed by atoms with Crippen molar-refractivity contribution in [2.24, 2.45) is 0 Å². The Hall–Kier alpha value is -1.99. The summed E-state index contributed by atoms with van der Waals surface area (Å²) in [6.45, 7) is -0.110. The molecule has 1 aromatic carbocycles. The van der Waals surface area contributed by atoms with Crippen molar-refractivity contribution in [2.75, 3.05) is 11.9 Å². The molecule has 0 aromatic heterocycles. The third-order valence-electron chi connectivity index (χ3n) is 3.70. The van der Waals surface area contributed by atoms with E-state index in [2.05, 4.69) is 10.6 Å². The number of amides is 3. The van der Waals surface area contributed by atoms with Crippen LogP contribution in [-0.2, 0) is 9.59 Å². The van der Waals surface area contributed by atoms with Crippen LogP contribution in [-0.4, -0.2) is 40.5 Å². The predicted molar refractivity (Wildman–Crippen MR) is 79.1 cm³/mol. The number of hydrogen-bond acceptors (Lipinski definition) is 4. The lowest BCUT2D eigenvalue weighted by Gasteiger charge is -2.35. The topological polar surface area (TPSA) is 98.7 Å². The molecular weight excluding hydrogens is 333 g/mol. The molecule has 7 nitrogen and oxygen atoms in total. The van der Waals surface area contributed by atoms with Crippen molar-refractivity contribution < 1.29 is 19.5 Å². The molecule has 1 saturated heterocycles. The van der Waals surface area contributed by atoms with E-state index >= 15 is 0 Å².